The average Bonchev–Trinajstić information content (AvgIpc) is 2.87. The molecule has 0 aliphatic rings. The maximum atomic E-state index is 13.6. The highest BCUT2D eigenvalue weighted by atomic mass is 35.5. The number of ether oxygens (including phenoxy) is 1. The average molecular weight is 621 g/mol. The van der Waals surface area contributed by atoms with Crippen molar-refractivity contribution in [2.24, 2.45) is 0 Å². The van der Waals surface area contributed by atoms with Crippen LogP contribution in [0.4, 0.5) is 5.69 Å². The SMILES string of the molecule is CCCCNC(=O)C(CC)N(Cc1c(Cl)cccc1Cl)C(=O)CCCN(c1ccc(OC)c(Cl)c1)S(C)(=O)=O. The number of nitrogens with zero attached hydrogens (tertiary/aromatic N) is 2. The summed E-state index contributed by atoms with van der Waals surface area (Å²) in [7, 11) is -2.20. The molecule has 0 saturated carbocycles. The normalized spacial score (nSPS) is 12.1. The fourth-order valence-corrected chi connectivity index (χ4v) is 5.82. The molecule has 12 heteroatoms. The maximum Gasteiger partial charge on any atom is 0.242 e. The smallest absolute Gasteiger partial charge is 0.242 e. The molecule has 0 saturated heterocycles. The van der Waals surface area contributed by atoms with Crippen LogP contribution in [-0.4, -0.2) is 57.6 Å². The Morgan fingerprint density at radius 3 is 2.23 bits per heavy atom. The first-order chi connectivity index (χ1) is 18.4. The Hall–Kier alpha value is -2.20. The highest BCUT2D eigenvalue weighted by Gasteiger charge is 2.30. The van der Waals surface area contributed by atoms with Crippen molar-refractivity contribution in [3.05, 3.63) is 57.0 Å². The van der Waals surface area contributed by atoms with Crippen molar-refractivity contribution < 1.29 is 22.7 Å². The van der Waals surface area contributed by atoms with E-state index in [1.165, 1.54) is 22.4 Å². The van der Waals surface area contributed by atoms with Crippen LogP contribution in [0.3, 0.4) is 0 Å². The summed E-state index contributed by atoms with van der Waals surface area (Å²) in [5.74, 6) is -0.154. The van der Waals surface area contributed by atoms with Gasteiger partial charge in [-0.1, -0.05) is 61.1 Å². The number of sulfonamides is 1. The zero-order valence-electron chi connectivity index (χ0n) is 22.7. The van der Waals surface area contributed by atoms with Gasteiger partial charge in [-0.05, 0) is 49.6 Å². The Balaban J connectivity index is 2.27. The number of halogens is 3. The second kappa shape index (κ2) is 15.6. The number of methoxy groups -OCH3 is 1. The lowest BCUT2D eigenvalue weighted by Gasteiger charge is -2.31. The third-order valence-electron chi connectivity index (χ3n) is 6.18. The van der Waals surface area contributed by atoms with E-state index in [-0.39, 0.29) is 42.8 Å². The Labute approximate surface area is 246 Å². The van der Waals surface area contributed by atoms with E-state index >= 15 is 0 Å². The number of benzene rings is 2. The van der Waals surface area contributed by atoms with Gasteiger partial charge in [-0.25, -0.2) is 8.42 Å². The van der Waals surface area contributed by atoms with Gasteiger partial charge < -0.3 is 15.0 Å². The molecule has 0 aliphatic carbocycles. The number of carbonyl (C=O) groups is 2. The molecule has 1 N–H and O–H groups in total. The van der Waals surface area contributed by atoms with Crippen molar-refractivity contribution in [1.82, 2.24) is 10.2 Å². The van der Waals surface area contributed by atoms with Crippen LogP contribution < -0.4 is 14.4 Å². The largest absolute Gasteiger partial charge is 0.495 e. The zero-order valence-corrected chi connectivity index (χ0v) is 25.8. The van der Waals surface area contributed by atoms with Gasteiger partial charge in [-0.3, -0.25) is 13.9 Å². The minimum atomic E-state index is -3.67. The first kappa shape index (κ1) is 33.0. The molecule has 2 rings (SSSR count). The predicted octanol–water partition coefficient (Wildman–Crippen LogP) is 5.93. The molecule has 2 aromatic rings. The van der Waals surface area contributed by atoms with Gasteiger partial charge in [0.15, 0.2) is 0 Å². The monoisotopic (exact) mass is 619 g/mol. The van der Waals surface area contributed by atoms with Crippen LogP contribution in [0.25, 0.3) is 0 Å². The highest BCUT2D eigenvalue weighted by molar-refractivity contribution is 7.92. The number of anilines is 1. The molecule has 39 heavy (non-hydrogen) atoms. The molecular weight excluding hydrogens is 585 g/mol. The molecule has 0 aliphatic heterocycles. The van der Waals surface area contributed by atoms with Crippen LogP contribution in [0.5, 0.6) is 5.75 Å². The first-order valence-electron chi connectivity index (χ1n) is 12.8. The number of hydrogen-bond donors (Lipinski definition) is 1. The van der Waals surface area contributed by atoms with Crippen molar-refractivity contribution in [3.63, 3.8) is 0 Å². The first-order valence-corrected chi connectivity index (χ1v) is 15.7. The predicted molar refractivity (Wildman–Crippen MR) is 158 cm³/mol. The number of carbonyl (C=O) groups excluding carboxylic acids is 2. The molecule has 0 bridgehead atoms. The minimum Gasteiger partial charge on any atom is -0.495 e. The zero-order chi connectivity index (χ0) is 29.2. The lowest BCUT2D eigenvalue weighted by molar-refractivity contribution is -0.141. The topological polar surface area (TPSA) is 96.0 Å². The number of nitrogens with one attached hydrogen (secondary N) is 1. The standard InChI is InChI=1S/C27H36Cl3N3O5S/c1-5-7-15-31-27(35)24(6-2)32(18-20-21(28)10-8-11-22(20)29)26(34)12-9-16-33(39(4,36)37)19-13-14-25(38-3)23(30)17-19/h8,10-11,13-14,17,24H,5-7,9,12,15-16,18H2,1-4H3,(H,31,35). The van der Waals surface area contributed by atoms with Crippen molar-refractivity contribution in [3.8, 4) is 5.75 Å². The molecular formula is C27H36Cl3N3O5S. The Morgan fingerprint density at radius 1 is 1.03 bits per heavy atom. The van der Waals surface area contributed by atoms with Gasteiger partial charge in [-0.2, -0.15) is 0 Å². The van der Waals surface area contributed by atoms with Gasteiger partial charge in [0, 0.05) is 41.7 Å². The Morgan fingerprint density at radius 2 is 1.69 bits per heavy atom. The van der Waals surface area contributed by atoms with Crippen LogP contribution in [0, 0.1) is 0 Å². The van der Waals surface area contributed by atoms with E-state index in [0.29, 0.717) is 40.0 Å². The molecule has 216 valence electrons. The minimum absolute atomic E-state index is 0.00326. The number of hydrogen-bond acceptors (Lipinski definition) is 5. The van der Waals surface area contributed by atoms with Gasteiger partial charge in [-0.15, -0.1) is 0 Å². The van der Waals surface area contributed by atoms with Crippen molar-refractivity contribution in [2.75, 3.05) is 30.8 Å². The molecule has 8 nitrogen and oxygen atoms in total. The van der Waals surface area contributed by atoms with Crippen LogP contribution in [-0.2, 0) is 26.2 Å². The number of rotatable bonds is 15. The summed E-state index contributed by atoms with van der Waals surface area (Å²) in [6, 6.07) is 9.00. The maximum absolute atomic E-state index is 13.6. The summed E-state index contributed by atoms with van der Waals surface area (Å²) in [4.78, 5) is 28.1. The number of unbranched alkanes of at least 4 members (excludes halogenated alkanes) is 1. The summed E-state index contributed by atoms with van der Waals surface area (Å²) in [6.07, 6.45) is 3.42. The van der Waals surface area contributed by atoms with Gasteiger partial charge in [0.05, 0.1) is 24.1 Å². The van der Waals surface area contributed by atoms with E-state index in [9.17, 15) is 18.0 Å². The Bertz CT molecular complexity index is 1220. The summed E-state index contributed by atoms with van der Waals surface area (Å²) in [5.41, 5.74) is 0.900. The van der Waals surface area contributed by atoms with Crippen LogP contribution in [0.15, 0.2) is 36.4 Å². The third kappa shape index (κ3) is 9.45. The summed E-state index contributed by atoms with van der Waals surface area (Å²) in [6.45, 7) is 4.44. The molecule has 2 aromatic carbocycles. The van der Waals surface area contributed by atoms with E-state index in [4.69, 9.17) is 39.5 Å². The number of amides is 2. The molecule has 0 heterocycles. The highest BCUT2D eigenvalue weighted by Crippen LogP contribution is 2.31. The lowest BCUT2D eigenvalue weighted by atomic mass is 10.1. The van der Waals surface area contributed by atoms with Gasteiger partial charge >= 0.3 is 0 Å². The second-order valence-corrected chi connectivity index (χ2v) is 12.2. The molecule has 0 spiro atoms. The van der Waals surface area contributed by atoms with Crippen LogP contribution in [0.2, 0.25) is 15.1 Å². The molecule has 2 amide bonds. The van der Waals surface area contributed by atoms with Crippen LogP contribution >= 0.6 is 34.8 Å². The van der Waals surface area contributed by atoms with Gasteiger partial charge in [0.1, 0.15) is 11.8 Å². The van der Waals surface area contributed by atoms with E-state index < -0.39 is 16.1 Å². The fraction of sp³-hybridized carbons (Fsp3) is 0.481. The third-order valence-corrected chi connectivity index (χ3v) is 8.38. The molecule has 0 aromatic heterocycles. The molecule has 1 unspecified atom stereocenters. The summed E-state index contributed by atoms with van der Waals surface area (Å²) >= 11 is 19.0. The van der Waals surface area contributed by atoms with E-state index in [1.54, 1.807) is 30.3 Å². The molecule has 0 radical (unpaired) electrons. The van der Waals surface area contributed by atoms with E-state index in [2.05, 4.69) is 5.32 Å². The van der Waals surface area contributed by atoms with Gasteiger partial charge in [0.2, 0.25) is 21.8 Å². The molecule has 0 fully saturated rings. The molecule has 1 atom stereocenters. The van der Waals surface area contributed by atoms with Crippen molar-refractivity contribution in [1.29, 1.82) is 0 Å². The Kier molecular flexibility index (Phi) is 13.2. The van der Waals surface area contributed by atoms with Gasteiger partial charge in [0.25, 0.3) is 0 Å². The van der Waals surface area contributed by atoms with E-state index in [0.717, 1.165) is 19.1 Å². The lowest BCUT2D eigenvalue weighted by Crippen LogP contribution is -2.49. The second-order valence-electron chi connectivity index (χ2n) is 9.05. The quantitative estimate of drug-likeness (QED) is 0.249. The van der Waals surface area contributed by atoms with Crippen LogP contribution in [0.1, 0.15) is 51.5 Å². The summed E-state index contributed by atoms with van der Waals surface area (Å²) < 4.78 is 31.5. The summed E-state index contributed by atoms with van der Waals surface area (Å²) in [5, 5.41) is 3.95. The van der Waals surface area contributed by atoms with Crippen molar-refractivity contribution in [2.45, 2.75) is 58.5 Å². The van der Waals surface area contributed by atoms with Crippen molar-refractivity contribution >= 4 is 62.3 Å². The fourth-order valence-electron chi connectivity index (χ4n) is 4.09. The van der Waals surface area contributed by atoms with E-state index in [1.807, 2.05) is 13.8 Å².